The van der Waals surface area contributed by atoms with E-state index >= 15 is 0 Å². The van der Waals surface area contributed by atoms with Crippen LogP contribution in [0.1, 0.15) is 17.3 Å². The Morgan fingerprint density at radius 2 is 1.94 bits per heavy atom. The molecule has 0 N–H and O–H groups in total. The van der Waals surface area contributed by atoms with Gasteiger partial charge in [0, 0.05) is 17.3 Å². The predicted molar refractivity (Wildman–Crippen MR) is 64.7 cm³/mol. The highest BCUT2D eigenvalue weighted by Crippen LogP contribution is 2.24. The van der Waals surface area contributed by atoms with Crippen LogP contribution in [-0.4, -0.2) is 10.8 Å². The maximum absolute atomic E-state index is 11.5. The van der Waals surface area contributed by atoms with E-state index in [0.717, 1.165) is 11.1 Å². The zero-order chi connectivity index (χ0) is 11.5. The van der Waals surface area contributed by atoms with Crippen LogP contribution in [0.4, 0.5) is 0 Å². The van der Waals surface area contributed by atoms with Crippen LogP contribution in [0, 0.1) is 0 Å². The molecule has 0 bridgehead atoms. The number of ketones is 1. The molecule has 0 spiro atoms. The summed E-state index contributed by atoms with van der Waals surface area (Å²) in [6.07, 6.45) is 1.63. The van der Waals surface area contributed by atoms with E-state index in [1.54, 1.807) is 12.3 Å². The molecule has 2 rings (SSSR count). The first-order valence-electron chi connectivity index (χ1n) is 4.90. The number of halogens is 1. The first-order chi connectivity index (χ1) is 7.68. The Morgan fingerprint density at radius 1 is 1.25 bits per heavy atom. The van der Waals surface area contributed by atoms with Crippen molar-refractivity contribution in [3.63, 3.8) is 0 Å². The van der Waals surface area contributed by atoms with Crippen molar-refractivity contribution in [2.75, 3.05) is 0 Å². The van der Waals surface area contributed by atoms with Crippen LogP contribution in [0.5, 0.6) is 0 Å². The summed E-state index contributed by atoms with van der Waals surface area (Å²) >= 11 is 5.79. The summed E-state index contributed by atoms with van der Waals surface area (Å²) in [6, 6.07) is 11.3. The summed E-state index contributed by atoms with van der Waals surface area (Å²) in [5, 5.41) is 0.338. The van der Waals surface area contributed by atoms with Gasteiger partial charge in [-0.05, 0) is 18.6 Å². The summed E-state index contributed by atoms with van der Waals surface area (Å²) in [5.41, 5.74) is 2.39. The molecule has 1 aromatic carbocycles. The third kappa shape index (κ3) is 2.12. The average Bonchev–Trinajstić information content (AvgIpc) is 2.30. The lowest BCUT2D eigenvalue weighted by Crippen LogP contribution is -1.97. The van der Waals surface area contributed by atoms with Gasteiger partial charge in [-0.15, -0.1) is 0 Å². The second-order valence-electron chi connectivity index (χ2n) is 3.47. The van der Waals surface area contributed by atoms with E-state index in [2.05, 4.69) is 4.98 Å². The molecule has 1 heterocycles. The second-order valence-corrected chi connectivity index (χ2v) is 3.86. The fourth-order valence-corrected chi connectivity index (χ4v) is 1.73. The van der Waals surface area contributed by atoms with Crippen LogP contribution >= 0.6 is 11.6 Å². The highest BCUT2D eigenvalue weighted by atomic mass is 35.5. The van der Waals surface area contributed by atoms with Crippen LogP contribution in [0.3, 0.4) is 0 Å². The van der Waals surface area contributed by atoms with Gasteiger partial charge >= 0.3 is 0 Å². The molecular formula is C13H10ClNO. The number of carbonyl (C=O) groups is 1. The summed E-state index contributed by atoms with van der Waals surface area (Å²) in [5.74, 6) is -0.0110. The SMILES string of the molecule is CC(=O)c1cc(Cl)ncc1-c1ccccc1. The molecule has 0 saturated carbocycles. The number of carbonyl (C=O) groups excluding carboxylic acids is 1. The van der Waals surface area contributed by atoms with Crippen LogP contribution < -0.4 is 0 Å². The zero-order valence-electron chi connectivity index (χ0n) is 8.77. The van der Waals surface area contributed by atoms with Gasteiger partial charge in [0.2, 0.25) is 0 Å². The van der Waals surface area contributed by atoms with Crippen LogP contribution in [0.15, 0.2) is 42.6 Å². The Kier molecular flexibility index (Phi) is 3.02. The molecule has 0 atom stereocenters. The molecule has 80 valence electrons. The van der Waals surface area contributed by atoms with Crippen molar-refractivity contribution in [2.24, 2.45) is 0 Å². The maximum Gasteiger partial charge on any atom is 0.160 e. The van der Waals surface area contributed by atoms with Crippen molar-refractivity contribution in [2.45, 2.75) is 6.92 Å². The highest BCUT2D eigenvalue weighted by molar-refractivity contribution is 6.30. The van der Waals surface area contributed by atoms with E-state index in [4.69, 9.17) is 11.6 Å². The van der Waals surface area contributed by atoms with Crippen LogP contribution in [-0.2, 0) is 0 Å². The van der Waals surface area contributed by atoms with Gasteiger partial charge in [-0.1, -0.05) is 41.9 Å². The van der Waals surface area contributed by atoms with Crippen molar-refractivity contribution in [1.82, 2.24) is 4.98 Å². The van der Waals surface area contributed by atoms with Gasteiger partial charge < -0.3 is 0 Å². The van der Waals surface area contributed by atoms with E-state index in [1.807, 2.05) is 30.3 Å². The van der Waals surface area contributed by atoms with Crippen molar-refractivity contribution in [3.8, 4) is 11.1 Å². The van der Waals surface area contributed by atoms with E-state index in [0.29, 0.717) is 10.7 Å². The molecular weight excluding hydrogens is 222 g/mol. The lowest BCUT2D eigenvalue weighted by Gasteiger charge is -2.06. The number of hydrogen-bond donors (Lipinski definition) is 0. The number of aromatic nitrogens is 1. The first-order valence-corrected chi connectivity index (χ1v) is 5.28. The molecule has 0 aliphatic carbocycles. The normalized spacial score (nSPS) is 10.1. The number of pyridine rings is 1. The van der Waals surface area contributed by atoms with Gasteiger partial charge in [0.1, 0.15) is 5.15 Å². The quantitative estimate of drug-likeness (QED) is 0.584. The molecule has 0 saturated heterocycles. The molecule has 1 aromatic heterocycles. The molecule has 0 unspecified atom stereocenters. The molecule has 2 aromatic rings. The second kappa shape index (κ2) is 4.45. The van der Waals surface area contributed by atoms with E-state index in [9.17, 15) is 4.79 Å². The number of benzene rings is 1. The van der Waals surface area contributed by atoms with Gasteiger partial charge in [0.05, 0.1) is 0 Å². The largest absolute Gasteiger partial charge is 0.294 e. The maximum atomic E-state index is 11.5. The lowest BCUT2D eigenvalue weighted by atomic mass is 10.0. The Bertz CT molecular complexity index is 523. The lowest BCUT2D eigenvalue weighted by molar-refractivity contribution is 0.101. The number of hydrogen-bond acceptors (Lipinski definition) is 2. The smallest absolute Gasteiger partial charge is 0.160 e. The van der Waals surface area contributed by atoms with E-state index in [1.165, 1.54) is 6.92 Å². The summed E-state index contributed by atoms with van der Waals surface area (Å²) in [6.45, 7) is 1.53. The summed E-state index contributed by atoms with van der Waals surface area (Å²) < 4.78 is 0. The van der Waals surface area contributed by atoms with E-state index in [-0.39, 0.29) is 5.78 Å². The Morgan fingerprint density at radius 3 is 2.56 bits per heavy atom. The standard InChI is InChI=1S/C13H10ClNO/c1-9(16)11-7-13(14)15-8-12(11)10-5-3-2-4-6-10/h2-8H,1H3. The van der Waals surface area contributed by atoms with Crippen LogP contribution in [0.25, 0.3) is 11.1 Å². The monoisotopic (exact) mass is 231 g/mol. The molecule has 0 fully saturated rings. The van der Waals surface area contributed by atoms with Crippen molar-refractivity contribution in [3.05, 3.63) is 53.3 Å². The minimum atomic E-state index is -0.0110. The molecule has 0 radical (unpaired) electrons. The molecule has 0 aliphatic rings. The fourth-order valence-electron chi connectivity index (χ4n) is 1.57. The average molecular weight is 232 g/mol. The Balaban J connectivity index is 2.61. The number of nitrogens with zero attached hydrogens (tertiary/aromatic N) is 1. The first kappa shape index (κ1) is 10.8. The van der Waals surface area contributed by atoms with Gasteiger partial charge in [-0.25, -0.2) is 4.98 Å². The topological polar surface area (TPSA) is 30.0 Å². The van der Waals surface area contributed by atoms with Crippen molar-refractivity contribution >= 4 is 17.4 Å². The minimum Gasteiger partial charge on any atom is -0.294 e. The van der Waals surface area contributed by atoms with Crippen LogP contribution in [0.2, 0.25) is 5.15 Å². The van der Waals surface area contributed by atoms with E-state index < -0.39 is 0 Å². The fraction of sp³-hybridized carbons (Fsp3) is 0.0769. The molecule has 0 amide bonds. The highest BCUT2D eigenvalue weighted by Gasteiger charge is 2.10. The Hall–Kier alpha value is -1.67. The minimum absolute atomic E-state index is 0.0110. The molecule has 2 nitrogen and oxygen atoms in total. The zero-order valence-corrected chi connectivity index (χ0v) is 9.53. The van der Waals surface area contributed by atoms with Gasteiger partial charge in [0.15, 0.2) is 5.78 Å². The van der Waals surface area contributed by atoms with Gasteiger partial charge in [0.25, 0.3) is 0 Å². The number of Topliss-reactive ketones (excluding diaryl/α,β-unsaturated/α-hetero) is 1. The van der Waals surface area contributed by atoms with Crippen molar-refractivity contribution < 1.29 is 4.79 Å². The molecule has 16 heavy (non-hydrogen) atoms. The summed E-state index contributed by atoms with van der Waals surface area (Å²) in [7, 11) is 0. The van der Waals surface area contributed by atoms with Gasteiger partial charge in [-0.2, -0.15) is 0 Å². The van der Waals surface area contributed by atoms with Crippen molar-refractivity contribution in [1.29, 1.82) is 0 Å². The third-order valence-corrected chi connectivity index (χ3v) is 2.54. The molecule has 3 heteroatoms. The predicted octanol–water partition coefficient (Wildman–Crippen LogP) is 3.60. The Labute approximate surface area is 98.9 Å². The molecule has 0 aliphatic heterocycles. The van der Waals surface area contributed by atoms with Gasteiger partial charge in [-0.3, -0.25) is 4.79 Å². The third-order valence-electron chi connectivity index (χ3n) is 2.33. The summed E-state index contributed by atoms with van der Waals surface area (Å²) in [4.78, 5) is 15.5. The number of rotatable bonds is 2.